The van der Waals surface area contributed by atoms with Gasteiger partial charge in [-0.3, -0.25) is 0 Å². The van der Waals surface area contributed by atoms with Crippen LogP contribution in [-0.4, -0.2) is 5.97 Å². The Kier molecular flexibility index (Phi) is 3.24. The van der Waals surface area contributed by atoms with E-state index < -0.39 is 5.97 Å². The molecule has 2 heteroatoms. The van der Waals surface area contributed by atoms with Gasteiger partial charge in [-0.2, -0.15) is 0 Å². The molecule has 0 unspecified atom stereocenters. The summed E-state index contributed by atoms with van der Waals surface area (Å²) in [4.78, 5) is 11.3. The molecule has 1 aromatic carbocycles. The third kappa shape index (κ3) is 2.72. The van der Waals surface area contributed by atoms with Gasteiger partial charge < -0.3 is 4.74 Å². The number of benzene rings is 1. The van der Waals surface area contributed by atoms with Gasteiger partial charge in [0.1, 0.15) is 5.75 Å². The minimum absolute atomic E-state index is 0.391. The van der Waals surface area contributed by atoms with Gasteiger partial charge in [0.2, 0.25) is 0 Å². The van der Waals surface area contributed by atoms with Gasteiger partial charge in [-0.15, -0.1) is 0 Å². The topological polar surface area (TPSA) is 26.3 Å². The first kappa shape index (κ1) is 11.4. The molecule has 1 aromatic rings. The molecule has 1 aliphatic carbocycles. The second-order valence-corrected chi connectivity index (χ2v) is 3.99. The van der Waals surface area contributed by atoms with Gasteiger partial charge in [-0.05, 0) is 36.6 Å². The van der Waals surface area contributed by atoms with E-state index in [-0.39, 0.29) is 0 Å². The molecule has 0 fully saturated rings. The molecule has 0 aliphatic heterocycles. The van der Waals surface area contributed by atoms with Crippen LogP contribution in [0.1, 0.15) is 18.9 Å². The zero-order valence-electron chi connectivity index (χ0n) is 9.77. The van der Waals surface area contributed by atoms with Gasteiger partial charge in [-0.25, -0.2) is 4.79 Å². The van der Waals surface area contributed by atoms with E-state index in [4.69, 9.17) is 4.74 Å². The summed E-state index contributed by atoms with van der Waals surface area (Å²) >= 11 is 0. The van der Waals surface area contributed by atoms with Gasteiger partial charge >= 0.3 is 5.97 Å². The molecule has 2 rings (SSSR count). The SMILES string of the molecule is C=C(C)C(=O)Oc1ccc(C2=CCC=C2)cc1. The standard InChI is InChI=1S/C15H14O2/c1-11(2)15(16)17-14-9-7-13(8-10-14)12-5-3-4-6-12/h3,5-10H,1,4H2,2H3. The molecule has 0 atom stereocenters. The van der Waals surface area contributed by atoms with Crippen LogP contribution in [-0.2, 0) is 4.79 Å². The molecule has 0 spiro atoms. The molecule has 0 N–H and O–H groups in total. The molecular formula is C15H14O2. The molecule has 17 heavy (non-hydrogen) atoms. The molecule has 86 valence electrons. The van der Waals surface area contributed by atoms with Crippen LogP contribution in [0.15, 0.2) is 54.6 Å². The number of ether oxygens (including phenoxy) is 1. The lowest BCUT2D eigenvalue weighted by Gasteiger charge is -2.05. The molecular weight excluding hydrogens is 212 g/mol. The largest absolute Gasteiger partial charge is 0.423 e. The number of allylic oxidation sites excluding steroid dienone is 4. The summed E-state index contributed by atoms with van der Waals surface area (Å²) < 4.78 is 5.12. The fourth-order valence-corrected chi connectivity index (χ4v) is 1.58. The van der Waals surface area contributed by atoms with Gasteiger partial charge in [0, 0.05) is 5.57 Å². The molecule has 1 aliphatic rings. The third-order valence-corrected chi connectivity index (χ3v) is 2.52. The summed E-state index contributed by atoms with van der Waals surface area (Å²) in [6.07, 6.45) is 7.36. The van der Waals surface area contributed by atoms with Crippen molar-refractivity contribution in [2.75, 3.05) is 0 Å². The van der Waals surface area contributed by atoms with Crippen LogP contribution in [0.5, 0.6) is 5.75 Å². The van der Waals surface area contributed by atoms with Crippen LogP contribution in [0, 0.1) is 0 Å². The maximum absolute atomic E-state index is 11.3. The summed E-state index contributed by atoms with van der Waals surface area (Å²) in [6.45, 7) is 5.17. The summed E-state index contributed by atoms with van der Waals surface area (Å²) in [5.74, 6) is 0.155. The first-order chi connectivity index (χ1) is 8.16. The number of carbonyl (C=O) groups excluding carboxylic acids is 1. The average molecular weight is 226 g/mol. The van der Waals surface area contributed by atoms with Crippen LogP contribution in [0.25, 0.3) is 5.57 Å². The Labute approximate surface area is 101 Å². The predicted molar refractivity (Wildman–Crippen MR) is 68.6 cm³/mol. The third-order valence-electron chi connectivity index (χ3n) is 2.52. The van der Waals surface area contributed by atoms with E-state index in [0.29, 0.717) is 11.3 Å². The van der Waals surface area contributed by atoms with E-state index in [1.165, 1.54) is 5.57 Å². The van der Waals surface area contributed by atoms with Crippen molar-refractivity contribution in [2.45, 2.75) is 13.3 Å². The predicted octanol–water partition coefficient (Wildman–Crippen LogP) is 3.51. The van der Waals surface area contributed by atoms with E-state index in [1.54, 1.807) is 19.1 Å². The second kappa shape index (κ2) is 4.83. The zero-order valence-corrected chi connectivity index (χ0v) is 9.77. The number of hydrogen-bond donors (Lipinski definition) is 0. The van der Waals surface area contributed by atoms with Gasteiger partial charge in [-0.1, -0.05) is 36.9 Å². The molecule has 0 amide bonds. The van der Waals surface area contributed by atoms with Crippen molar-refractivity contribution in [2.24, 2.45) is 0 Å². The van der Waals surface area contributed by atoms with Gasteiger partial charge in [0.25, 0.3) is 0 Å². The lowest BCUT2D eigenvalue weighted by Crippen LogP contribution is -2.07. The van der Waals surface area contributed by atoms with E-state index in [1.807, 2.05) is 12.1 Å². The van der Waals surface area contributed by atoms with E-state index in [9.17, 15) is 4.79 Å². The van der Waals surface area contributed by atoms with Crippen LogP contribution >= 0.6 is 0 Å². The summed E-state index contributed by atoms with van der Waals surface area (Å²) in [6, 6.07) is 7.48. The van der Waals surface area contributed by atoms with Crippen molar-refractivity contribution in [3.8, 4) is 5.75 Å². The maximum atomic E-state index is 11.3. The Balaban J connectivity index is 2.10. The van der Waals surface area contributed by atoms with E-state index in [2.05, 4.69) is 24.8 Å². The molecule has 0 saturated heterocycles. The Bertz CT molecular complexity index is 504. The second-order valence-electron chi connectivity index (χ2n) is 3.99. The van der Waals surface area contributed by atoms with Crippen molar-refractivity contribution >= 4 is 11.5 Å². The monoisotopic (exact) mass is 226 g/mol. The Morgan fingerprint density at radius 2 is 2.00 bits per heavy atom. The highest BCUT2D eigenvalue weighted by atomic mass is 16.5. The first-order valence-corrected chi connectivity index (χ1v) is 5.51. The Morgan fingerprint density at radius 3 is 2.53 bits per heavy atom. The molecule has 0 aromatic heterocycles. The Morgan fingerprint density at radius 1 is 1.29 bits per heavy atom. The van der Waals surface area contributed by atoms with E-state index in [0.717, 1.165) is 12.0 Å². The highest BCUT2D eigenvalue weighted by Crippen LogP contribution is 2.23. The maximum Gasteiger partial charge on any atom is 0.338 e. The van der Waals surface area contributed by atoms with E-state index >= 15 is 0 Å². The van der Waals surface area contributed by atoms with Crippen molar-refractivity contribution in [1.82, 2.24) is 0 Å². The lowest BCUT2D eigenvalue weighted by molar-refractivity contribution is -0.130. The highest BCUT2D eigenvalue weighted by molar-refractivity contribution is 5.88. The summed E-state index contributed by atoms with van der Waals surface area (Å²) in [5.41, 5.74) is 2.74. The molecule has 0 saturated carbocycles. The average Bonchev–Trinajstić information content (AvgIpc) is 2.83. The fraction of sp³-hybridized carbons (Fsp3) is 0.133. The fourth-order valence-electron chi connectivity index (χ4n) is 1.58. The highest BCUT2D eigenvalue weighted by Gasteiger charge is 2.06. The molecule has 0 radical (unpaired) electrons. The van der Waals surface area contributed by atoms with Crippen LogP contribution in [0.3, 0.4) is 0 Å². The molecule has 2 nitrogen and oxygen atoms in total. The van der Waals surface area contributed by atoms with Crippen molar-refractivity contribution < 1.29 is 9.53 Å². The van der Waals surface area contributed by atoms with Crippen LogP contribution in [0.4, 0.5) is 0 Å². The molecule has 0 heterocycles. The van der Waals surface area contributed by atoms with Crippen molar-refractivity contribution in [3.05, 3.63) is 60.2 Å². The quantitative estimate of drug-likeness (QED) is 0.448. The summed E-state index contributed by atoms with van der Waals surface area (Å²) in [7, 11) is 0. The Hall–Kier alpha value is -2.09. The minimum atomic E-state index is -0.391. The number of carbonyl (C=O) groups is 1. The number of rotatable bonds is 3. The zero-order chi connectivity index (χ0) is 12.3. The number of esters is 1. The summed E-state index contributed by atoms with van der Waals surface area (Å²) in [5, 5.41) is 0. The van der Waals surface area contributed by atoms with Crippen molar-refractivity contribution in [3.63, 3.8) is 0 Å². The normalized spacial score (nSPS) is 13.4. The number of hydrogen-bond acceptors (Lipinski definition) is 2. The van der Waals surface area contributed by atoms with Crippen LogP contribution in [0.2, 0.25) is 0 Å². The smallest absolute Gasteiger partial charge is 0.338 e. The first-order valence-electron chi connectivity index (χ1n) is 5.51. The van der Waals surface area contributed by atoms with Crippen molar-refractivity contribution in [1.29, 1.82) is 0 Å². The van der Waals surface area contributed by atoms with Gasteiger partial charge in [0.05, 0.1) is 0 Å². The lowest BCUT2D eigenvalue weighted by atomic mass is 10.1. The molecule has 0 bridgehead atoms. The minimum Gasteiger partial charge on any atom is -0.423 e. The van der Waals surface area contributed by atoms with Gasteiger partial charge in [0.15, 0.2) is 0 Å². The van der Waals surface area contributed by atoms with Crippen LogP contribution < -0.4 is 4.74 Å².